The van der Waals surface area contributed by atoms with Crippen LogP contribution in [0.2, 0.25) is 0 Å². The molecule has 1 fully saturated rings. The van der Waals surface area contributed by atoms with Crippen molar-refractivity contribution in [3.8, 4) is 0 Å². The Hall–Kier alpha value is -1.35. The Bertz CT molecular complexity index is 404. The Morgan fingerprint density at radius 2 is 2.11 bits per heavy atom. The first-order valence-corrected chi connectivity index (χ1v) is 7.17. The first-order valence-electron chi connectivity index (χ1n) is 7.17. The molecule has 0 radical (unpaired) electrons. The molecule has 1 aliphatic rings. The summed E-state index contributed by atoms with van der Waals surface area (Å²) >= 11 is 0. The summed E-state index contributed by atoms with van der Waals surface area (Å²) in [5.74, 6) is 0.761. The first-order chi connectivity index (χ1) is 9.13. The minimum absolute atomic E-state index is 0.0822. The molecule has 0 aliphatic carbocycles. The summed E-state index contributed by atoms with van der Waals surface area (Å²) < 4.78 is 0. The van der Waals surface area contributed by atoms with E-state index in [1.165, 1.54) is 12.0 Å². The maximum atomic E-state index is 11.3. The summed E-state index contributed by atoms with van der Waals surface area (Å²) in [4.78, 5) is 13.7. The number of carbonyl (C=O) groups is 1. The van der Waals surface area contributed by atoms with Crippen LogP contribution < -0.4 is 5.32 Å². The van der Waals surface area contributed by atoms with Crippen LogP contribution in [0.5, 0.6) is 0 Å². The zero-order chi connectivity index (χ0) is 13.7. The highest BCUT2D eigenvalue weighted by molar-refractivity contribution is 5.73. The van der Waals surface area contributed by atoms with Crippen LogP contribution in [-0.2, 0) is 11.3 Å². The zero-order valence-corrected chi connectivity index (χ0v) is 11.9. The number of hydrogen-bond acceptors (Lipinski definition) is 2. The number of benzene rings is 1. The predicted octanol–water partition coefficient (Wildman–Crippen LogP) is 2.42. The van der Waals surface area contributed by atoms with Crippen LogP contribution in [0.3, 0.4) is 0 Å². The Balaban J connectivity index is 1.97. The molecule has 2 rings (SSSR count). The van der Waals surface area contributed by atoms with E-state index < -0.39 is 0 Å². The smallest absolute Gasteiger partial charge is 0.217 e. The monoisotopic (exact) mass is 260 g/mol. The van der Waals surface area contributed by atoms with Crippen LogP contribution in [-0.4, -0.2) is 29.9 Å². The first kappa shape index (κ1) is 14.1. The molecule has 0 spiro atoms. The van der Waals surface area contributed by atoms with E-state index in [1.54, 1.807) is 6.92 Å². The van der Waals surface area contributed by atoms with E-state index in [0.29, 0.717) is 12.0 Å². The van der Waals surface area contributed by atoms with Crippen molar-refractivity contribution in [2.24, 2.45) is 5.92 Å². The molecule has 3 heteroatoms. The lowest BCUT2D eigenvalue weighted by Gasteiger charge is -2.24. The molecule has 1 aromatic carbocycles. The van der Waals surface area contributed by atoms with Gasteiger partial charge in [0.25, 0.3) is 0 Å². The Morgan fingerprint density at radius 3 is 2.79 bits per heavy atom. The largest absolute Gasteiger partial charge is 0.352 e. The molecule has 3 nitrogen and oxygen atoms in total. The number of nitrogens with zero attached hydrogens (tertiary/aromatic N) is 1. The molecule has 1 aromatic rings. The van der Waals surface area contributed by atoms with E-state index in [-0.39, 0.29) is 5.91 Å². The number of rotatable bonds is 3. The van der Waals surface area contributed by atoms with Gasteiger partial charge in [-0.25, -0.2) is 0 Å². The lowest BCUT2D eigenvalue weighted by molar-refractivity contribution is -0.119. The van der Waals surface area contributed by atoms with Crippen LogP contribution in [0.15, 0.2) is 30.3 Å². The van der Waals surface area contributed by atoms with Gasteiger partial charge in [-0.05, 0) is 30.9 Å². The third-order valence-electron chi connectivity index (χ3n) is 3.76. The molecule has 1 heterocycles. The van der Waals surface area contributed by atoms with Crippen molar-refractivity contribution < 1.29 is 4.79 Å². The topological polar surface area (TPSA) is 32.3 Å². The average Bonchev–Trinajstić information content (AvgIpc) is 2.52. The summed E-state index contributed by atoms with van der Waals surface area (Å²) in [6.07, 6.45) is 2.30. The third kappa shape index (κ3) is 4.67. The fraction of sp³-hybridized carbons (Fsp3) is 0.562. The molecule has 1 amide bonds. The van der Waals surface area contributed by atoms with Crippen molar-refractivity contribution in [1.29, 1.82) is 0 Å². The van der Waals surface area contributed by atoms with Crippen molar-refractivity contribution >= 4 is 5.91 Å². The second-order valence-electron chi connectivity index (χ2n) is 5.75. The van der Waals surface area contributed by atoms with E-state index in [9.17, 15) is 4.79 Å². The normalized spacial score (nSPS) is 24.7. The lowest BCUT2D eigenvalue weighted by Crippen LogP contribution is -2.41. The fourth-order valence-corrected chi connectivity index (χ4v) is 2.86. The highest BCUT2D eigenvalue weighted by Gasteiger charge is 2.22. The van der Waals surface area contributed by atoms with E-state index in [2.05, 4.69) is 41.4 Å². The summed E-state index contributed by atoms with van der Waals surface area (Å²) in [5.41, 5.74) is 1.35. The van der Waals surface area contributed by atoms with E-state index >= 15 is 0 Å². The minimum Gasteiger partial charge on any atom is -0.352 e. The second kappa shape index (κ2) is 6.71. The molecule has 0 aromatic heterocycles. The van der Waals surface area contributed by atoms with Crippen LogP contribution in [0.1, 0.15) is 32.3 Å². The predicted molar refractivity (Wildman–Crippen MR) is 77.7 cm³/mol. The molecule has 1 saturated heterocycles. The molecule has 1 aliphatic heterocycles. The van der Waals surface area contributed by atoms with Gasteiger partial charge < -0.3 is 5.32 Å². The van der Waals surface area contributed by atoms with Crippen LogP contribution in [0.25, 0.3) is 0 Å². The van der Waals surface area contributed by atoms with Gasteiger partial charge in [0.1, 0.15) is 0 Å². The van der Waals surface area contributed by atoms with E-state index in [1.807, 2.05) is 6.07 Å². The van der Waals surface area contributed by atoms with Crippen LogP contribution in [0, 0.1) is 5.92 Å². The highest BCUT2D eigenvalue weighted by atomic mass is 16.1. The third-order valence-corrected chi connectivity index (χ3v) is 3.76. The molecule has 2 atom stereocenters. The molecular weight excluding hydrogens is 236 g/mol. The highest BCUT2D eigenvalue weighted by Crippen LogP contribution is 2.18. The number of hydrogen-bond donors (Lipinski definition) is 1. The van der Waals surface area contributed by atoms with Gasteiger partial charge in [0, 0.05) is 26.1 Å². The average molecular weight is 260 g/mol. The molecular formula is C16H24N2O. The van der Waals surface area contributed by atoms with Gasteiger partial charge in [-0.15, -0.1) is 0 Å². The van der Waals surface area contributed by atoms with Crippen LogP contribution in [0.4, 0.5) is 0 Å². The number of carbonyl (C=O) groups excluding carboxylic acids is 1. The van der Waals surface area contributed by atoms with E-state index in [0.717, 1.165) is 26.1 Å². The summed E-state index contributed by atoms with van der Waals surface area (Å²) in [5, 5.41) is 3.09. The van der Waals surface area contributed by atoms with Gasteiger partial charge in [0.15, 0.2) is 0 Å². The molecule has 2 unspecified atom stereocenters. The lowest BCUT2D eigenvalue weighted by atomic mass is 10.0. The molecule has 104 valence electrons. The standard InChI is InChI=1S/C16H24N2O/c1-13-8-9-18(11-15-6-4-3-5-7-15)12-16(10-13)17-14(2)19/h3-7,13,16H,8-12H2,1-2H3,(H,17,19). The Morgan fingerprint density at radius 1 is 1.37 bits per heavy atom. The minimum atomic E-state index is 0.0822. The van der Waals surface area contributed by atoms with Crippen molar-refractivity contribution in [2.45, 2.75) is 39.3 Å². The molecule has 0 bridgehead atoms. The van der Waals surface area contributed by atoms with Gasteiger partial charge in [0.05, 0.1) is 0 Å². The molecule has 19 heavy (non-hydrogen) atoms. The summed E-state index contributed by atoms with van der Waals surface area (Å²) in [6.45, 7) is 6.94. The van der Waals surface area contributed by atoms with E-state index in [4.69, 9.17) is 0 Å². The van der Waals surface area contributed by atoms with Crippen molar-refractivity contribution in [2.75, 3.05) is 13.1 Å². The van der Waals surface area contributed by atoms with Gasteiger partial charge in [-0.1, -0.05) is 37.3 Å². The maximum absolute atomic E-state index is 11.3. The van der Waals surface area contributed by atoms with Crippen molar-refractivity contribution in [1.82, 2.24) is 10.2 Å². The number of amides is 1. The van der Waals surface area contributed by atoms with Crippen molar-refractivity contribution in [3.63, 3.8) is 0 Å². The van der Waals surface area contributed by atoms with Gasteiger partial charge in [-0.2, -0.15) is 0 Å². The fourth-order valence-electron chi connectivity index (χ4n) is 2.86. The molecule has 0 saturated carbocycles. The summed E-state index contributed by atoms with van der Waals surface area (Å²) in [7, 11) is 0. The quantitative estimate of drug-likeness (QED) is 0.905. The van der Waals surface area contributed by atoms with Gasteiger partial charge in [-0.3, -0.25) is 9.69 Å². The van der Waals surface area contributed by atoms with Gasteiger partial charge >= 0.3 is 0 Å². The van der Waals surface area contributed by atoms with Crippen LogP contribution >= 0.6 is 0 Å². The second-order valence-corrected chi connectivity index (χ2v) is 5.75. The maximum Gasteiger partial charge on any atom is 0.217 e. The van der Waals surface area contributed by atoms with Crippen molar-refractivity contribution in [3.05, 3.63) is 35.9 Å². The Kier molecular flexibility index (Phi) is 4.97. The Labute approximate surface area is 116 Å². The molecule has 1 N–H and O–H groups in total. The zero-order valence-electron chi connectivity index (χ0n) is 11.9. The SMILES string of the molecule is CC(=O)NC1CC(C)CCN(Cc2ccccc2)C1. The number of likely N-dealkylation sites (tertiary alicyclic amines) is 1. The van der Waals surface area contributed by atoms with Gasteiger partial charge in [0.2, 0.25) is 5.91 Å². The summed E-state index contributed by atoms with van der Waals surface area (Å²) in [6, 6.07) is 10.8. The number of nitrogens with one attached hydrogen (secondary N) is 1.